The van der Waals surface area contributed by atoms with Gasteiger partial charge in [-0.15, -0.1) is 11.3 Å². The van der Waals surface area contributed by atoms with Crippen LogP contribution in [0, 0.1) is 0 Å². The first-order valence-corrected chi connectivity index (χ1v) is 9.99. The molecule has 28 heavy (non-hydrogen) atoms. The maximum absolute atomic E-state index is 12.6. The average molecular weight is 402 g/mol. The van der Waals surface area contributed by atoms with Gasteiger partial charge in [-0.25, -0.2) is 9.78 Å². The third-order valence-corrected chi connectivity index (χ3v) is 5.04. The molecule has 0 aliphatic carbocycles. The molecule has 3 rings (SSSR count). The molecule has 0 aliphatic heterocycles. The fourth-order valence-corrected chi connectivity index (χ4v) is 3.72. The SMILES string of the molecule is CCOC(=O)Cc1csc(NC(=O)CCn2c(=O)n(CC)c3ccccc32)n1. The zero-order valence-corrected chi connectivity index (χ0v) is 16.6. The number of imidazole rings is 1. The first-order chi connectivity index (χ1) is 13.5. The van der Waals surface area contributed by atoms with Crippen LogP contribution in [0.1, 0.15) is 26.0 Å². The van der Waals surface area contributed by atoms with Gasteiger partial charge >= 0.3 is 11.7 Å². The van der Waals surface area contributed by atoms with Gasteiger partial charge in [0.2, 0.25) is 5.91 Å². The highest BCUT2D eigenvalue weighted by Crippen LogP contribution is 2.17. The maximum atomic E-state index is 12.6. The van der Waals surface area contributed by atoms with Gasteiger partial charge in [-0.3, -0.25) is 18.7 Å². The van der Waals surface area contributed by atoms with Gasteiger partial charge in [0.1, 0.15) is 0 Å². The number of aromatic nitrogens is 3. The van der Waals surface area contributed by atoms with Crippen LogP contribution in [-0.2, 0) is 33.8 Å². The van der Waals surface area contributed by atoms with Crippen LogP contribution in [0.25, 0.3) is 11.0 Å². The molecule has 0 saturated heterocycles. The van der Waals surface area contributed by atoms with E-state index in [1.54, 1.807) is 21.4 Å². The summed E-state index contributed by atoms with van der Waals surface area (Å²) in [4.78, 5) is 40.6. The third kappa shape index (κ3) is 4.30. The van der Waals surface area contributed by atoms with E-state index >= 15 is 0 Å². The molecule has 2 aromatic heterocycles. The number of anilines is 1. The summed E-state index contributed by atoms with van der Waals surface area (Å²) in [6, 6.07) is 7.54. The van der Waals surface area contributed by atoms with Crippen molar-refractivity contribution in [1.29, 1.82) is 0 Å². The number of hydrogen-bond donors (Lipinski definition) is 1. The lowest BCUT2D eigenvalue weighted by molar-refractivity contribution is -0.142. The molecule has 0 spiro atoms. The summed E-state index contributed by atoms with van der Waals surface area (Å²) in [7, 11) is 0. The summed E-state index contributed by atoms with van der Waals surface area (Å²) in [6.45, 7) is 4.83. The minimum atomic E-state index is -0.350. The number of hydrogen-bond acceptors (Lipinski definition) is 6. The molecule has 0 aliphatic rings. The van der Waals surface area contributed by atoms with Crippen LogP contribution in [-0.4, -0.2) is 32.6 Å². The molecule has 8 nitrogen and oxygen atoms in total. The predicted octanol–water partition coefficient (Wildman–Crippen LogP) is 2.41. The van der Waals surface area contributed by atoms with Crippen LogP contribution in [0.4, 0.5) is 5.13 Å². The Labute approximate surface area is 165 Å². The van der Waals surface area contributed by atoms with Crippen LogP contribution in [0.3, 0.4) is 0 Å². The minimum absolute atomic E-state index is 0.0755. The Morgan fingerprint density at radius 1 is 1.18 bits per heavy atom. The number of fused-ring (bicyclic) bond motifs is 1. The van der Waals surface area contributed by atoms with Gasteiger partial charge < -0.3 is 10.1 Å². The second-order valence-electron chi connectivity index (χ2n) is 6.09. The Kier molecular flexibility index (Phi) is 6.25. The molecular weight excluding hydrogens is 380 g/mol. The minimum Gasteiger partial charge on any atom is -0.466 e. The summed E-state index contributed by atoms with van der Waals surface area (Å²) in [5, 5.41) is 4.86. The Hall–Kier alpha value is -2.94. The molecule has 0 radical (unpaired) electrons. The molecule has 3 aromatic rings. The number of nitrogens with one attached hydrogen (secondary N) is 1. The van der Waals surface area contributed by atoms with Crippen LogP contribution in [0.2, 0.25) is 0 Å². The van der Waals surface area contributed by atoms with Crippen LogP contribution < -0.4 is 11.0 Å². The summed E-state index contributed by atoms with van der Waals surface area (Å²) in [6.07, 6.45) is 0.219. The molecule has 0 atom stereocenters. The van der Waals surface area contributed by atoms with Crippen LogP contribution in [0.5, 0.6) is 0 Å². The normalized spacial score (nSPS) is 10.9. The number of esters is 1. The van der Waals surface area contributed by atoms with E-state index in [1.165, 1.54) is 11.3 Å². The molecule has 1 amide bonds. The highest BCUT2D eigenvalue weighted by Gasteiger charge is 2.14. The van der Waals surface area contributed by atoms with E-state index < -0.39 is 0 Å². The van der Waals surface area contributed by atoms with Gasteiger partial charge in [-0.1, -0.05) is 12.1 Å². The van der Waals surface area contributed by atoms with E-state index in [2.05, 4.69) is 10.3 Å². The van der Waals surface area contributed by atoms with Crippen molar-refractivity contribution in [3.8, 4) is 0 Å². The van der Waals surface area contributed by atoms with Gasteiger partial charge in [0, 0.05) is 24.9 Å². The van der Waals surface area contributed by atoms with Crippen molar-refractivity contribution in [2.24, 2.45) is 0 Å². The zero-order chi connectivity index (χ0) is 20.1. The second kappa shape index (κ2) is 8.83. The van der Waals surface area contributed by atoms with E-state index in [1.807, 2.05) is 31.2 Å². The van der Waals surface area contributed by atoms with Gasteiger partial charge in [-0.05, 0) is 26.0 Å². The molecule has 0 saturated carbocycles. The quantitative estimate of drug-likeness (QED) is 0.584. The topological polar surface area (TPSA) is 95.2 Å². The molecule has 148 valence electrons. The number of ether oxygens (including phenoxy) is 1. The molecule has 0 fully saturated rings. The number of rotatable bonds is 8. The summed E-state index contributed by atoms with van der Waals surface area (Å²) in [5.74, 6) is -0.588. The molecule has 1 N–H and O–H groups in total. The van der Waals surface area contributed by atoms with Crippen molar-refractivity contribution >= 4 is 39.4 Å². The molecular formula is C19H22N4O4S. The fourth-order valence-electron chi connectivity index (χ4n) is 2.99. The van der Waals surface area contributed by atoms with Gasteiger partial charge in [0.25, 0.3) is 0 Å². The summed E-state index contributed by atoms with van der Waals surface area (Å²) < 4.78 is 8.19. The average Bonchev–Trinajstić information content (AvgIpc) is 3.21. The summed E-state index contributed by atoms with van der Waals surface area (Å²) >= 11 is 1.25. The standard InChI is InChI=1S/C19H22N4O4S/c1-3-22-14-7-5-6-8-15(14)23(19(22)26)10-9-16(24)21-18-20-13(12-28-18)11-17(25)27-4-2/h5-8,12H,3-4,9-11H2,1-2H3,(H,20,21,24). The van der Waals surface area contributed by atoms with Crippen molar-refractivity contribution in [2.75, 3.05) is 11.9 Å². The van der Waals surface area contributed by atoms with Crippen molar-refractivity contribution in [1.82, 2.24) is 14.1 Å². The summed E-state index contributed by atoms with van der Waals surface area (Å²) in [5.41, 5.74) is 2.11. The highest BCUT2D eigenvalue weighted by atomic mass is 32.1. The van der Waals surface area contributed by atoms with E-state index in [0.717, 1.165) is 11.0 Å². The third-order valence-electron chi connectivity index (χ3n) is 4.23. The van der Waals surface area contributed by atoms with Crippen molar-refractivity contribution < 1.29 is 14.3 Å². The van der Waals surface area contributed by atoms with Crippen molar-refractivity contribution in [3.63, 3.8) is 0 Å². The lowest BCUT2D eigenvalue weighted by Crippen LogP contribution is -2.25. The van der Waals surface area contributed by atoms with Gasteiger partial charge in [0.05, 0.1) is 29.8 Å². The Balaban J connectivity index is 1.63. The lowest BCUT2D eigenvalue weighted by Gasteiger charge is -2.04. The number of thiazole rings is 1. The number of amides is 1. The largest absolute Gasteiger partial charge is 0.466 e. The molecule has 0 bridgehead atoms. The smallest absolute Gasteiger partial charge is 0.329 e. The van der Waals surface area contributed by atoms with E-state index in [9.17, 15) is 14.4 Å². The molecule has 1 aromatic carbocycles. The maximum Gasteiger partial charge on any atom is 0.329 e. The Bertz CT molecular complexity index is 1050. The number of aryl methyl sites for hydroxylation is 2. The number of carbonyl (C=O) groups is 2. The second-order valence-corrected chi connectivity index (χ2v) is 6.95. The molecule has 2 heterocycles. The first-order valence-electron chi connectivity index (χ1n) is 9.11. The highest BCUT2D eigenvalue weighted by molar-refractivity contribution is 7.13. The lowest BCUT2D eigenvalue weighted by atomic mass is 10.3. The number of carbonyl (C=O) groups excluding carboxylic acids is 2. The first kappa shape index (κ1) is 19.8. The fraction of sp³-hybridized carbons (Fsp3) is 0.368. The van der Waals surface area contributed by atoms with E-state index in [-0.39, 0.29) is 37.0 Å². The van der Waals surface area contributed by atoms with E-state index in [4.69, 9.17) is 4.74 Å². The van der Waals surface area contributed by atoms with Gasteiger partial charge in [-0.2, -0.15) is 0 Å². The predicted molar refractivity (Wildman–Crippen MR) is 108 cm³/mol. The van der Waals surface area contributed by atoms with E-state index in [0.29, 0.717) is 24.0 Å². The molecule has 9 heteroatoms. The Morgan fingerprint density at radius 2 is 1.89 bits per heavy atom. The monoisotopic (exact) mass is 402 g/mol. The van der Waals surface area contributed by atoms with Crippen molar-refractivity contribution in [3.05, 3.63) is 45.8 Å². The van der Waals surface area contributed by atoms with Crippen LogP contribution in [0.15, 0.2) is 34.4 Å². The van der Waals surface area contributed by atoms with Gasteiger partial charge in [0.15, 0.2) is 5.13 Å². The number of nitrogens with zero attached hydrogens (tertiary/aromatic N) is 3. The number of para-hydroxylation sites is 2. The Morgan fingerprint density at radius 3 is 2.57 bits per heavy atom. The van der Waals surface area contributed by atoms with Crippen molar-refractivity contribution in [2.45, 2.75) is 39.8 Å². The van der Waals surface area contributed by atoms with Crippen LogP contribution >= 0.6 is 11.3 Å². The molecule has 0 unspecified atom stereocenters. The zero-order valence-electron chi connectivity index (χ0n) is 15.8. The number of benzene rings is 1.